The van der Waals surface area contributed by atoms with Crippen LogP contribution in [0.1, 0.15) is 50.7 Å². The smallest absolute Gasteiger partial charge is 0.103 e. The van der Waals surface area contributed by atoms with Gasteiger partial charge in [-0.1, -0.05) is 25.7 Å². The van der Waals surface area contributed by atoms with Crippen molar-refractivity contribution in [2.75, 3.05) is 6.54 Å². The zero-order valence-corrected chi connectivity index (χ0v) is 10.1. The molecule has 2 heteroatoms. The van der Waals surface area contributed by atoms with E-state index in [1.54, 1.807) is 6.26 Å². The van der Waals surface area contributed by atoms with E-state index in [0.29, 0.717) is 0 Å². The van der Waals surface area contributed by atoms with Gasteiger partial charge in [0, 0.05) is 12.5 Å². The quantitative estimate of drug-likeness (QED) is 0.608. The third-order valence-electron chi connectivity index (χ3n) is 3.47. The van der Waals surface area contributed by atoms with Gasteiger partial charge in [0.05, 0.1) is 6.26 Å². The summed E-state index contributed by atoms with van der Waals surface area (Å²) >= 11 is 0. The molecule has 16 heavy (non-hydrogen) atoms. The first-order valence-electron chi connectivity index (χ1n) is 6.71. The van der Waals surface area contributed by atoms with Gasteiger partial charge in [0.25, 0.3) is 0 Å². The molecular formula is C14H23NO. The molecule has 1 N–H and O–H groups in total. The maximum Gasteiger partial charge on any atom is 0.103 e. The molecule has 1 aliphatic rings. The van der Waals surface area contributed by atoms with Crippen molar-refractivity contribution in [3.8, 4) is 0 Å². The Bertz CT molecular complexity index is 260. The molecule has 0 spiro atoms. The maximum atomic E-state index is 5.32. The molecule has 1 aromatic heterocycles. The van der Waals surface area contributed by atoms with Crippen molar-refractivity contribution < 1.29 is 4.42 Å². The van der Waals surface area contributed by atoms with Crippen LogP contribution in [0.5, 0.6) is 0 Å². The lowest BCUT2D eigenvalue weighted by molar-refractivity contribution is 0.443. The Morgan fingerprint density at radius 2 is 2.00 bits per heavy atom. The van der Waals surface area contributed by atoms with Gasteiger partial charge in [0.2, 0.25) is 0 Å². The Hall–Kier alpha value is -0.760. The average molecular weight is 221 g/mol. The van der Waals surface area contributed by atoms with Crippen LogP contribution in [0.4, 0.5) is 0 Å². The van der Waals surface area contributed by atoms with Gasteiger partial charge in [-0.2, -0.15) is 0 Å². The minimum Gasteiger partial charge on any atom is -0.469 e. The van der Waals surface area contributed by atoms with Gasteiger partial charge in [-0.05, 0) is 37.9 Å². The SMILES string of the molecule is c1coc(CCCNC2CCCCCC2)c1. The number of furan rings is 1. The second kappa shape index (κ2) is 6.74. The molecule has 90 valence electrons. The first-order chi connectivity index (χ1) is 7.95. The van der Waals surface area contributed by atoms with Crippen LogP contribution in [-0.2, 0) is 6.42 Å². The zero-order chi connectivity index (χ0) is 11.1. The van der Waals surface area contributed by atoms with Crippen molar-refractivity contribution in [3.05, 3.63) is 24.2 Å². The fourth-order valence-electron chi connectivity index (χ4n) is 2.51. The molecule has 1 saturated carbocycles. The lowest BCUT2D eigenvalue weighted by atomic mass is 10.1. The summed E-state index contributed by atoms with van der Waals surface area (Å²) in [6, 6.07) is 4.80. The maximum absolute atomic E-state index is 5.32. The van der Waals surface area contributed by atoms with E-state index >= 15 is 0 Å². The molecule has 0 aromatic carbocycles. The average Bonchev–Trinajstić information content (AvgIpc) is 2.68. The van der Waals surface area contributed by atoms with Gasteiger partial charge >= 0.3 is 0 Å². The van der Waals surface area contributed by atoms with E-state index in [2.05, 4.69) is 11.4 Å². The monoisotopic (exact) mass is 221 g/mol. The van der Waals surface area contributed by atoms with Crippen LogP contribution in [0.2, 0.25) is 0 Å². The van der Waals surface area contributed by atoms with Gasteiger partial charge in [-0.15, -0.1) is 0 Å². The summed E-state index contributed by atoms with van der Waals surface area (Å²) in [6.07, 6.45) is 12.5. The fourth-order valence-corrected chi connectivity index (χ4v) is 2.51. The van der Waals surface area contributed by atoms with Crippen LogP contribution < -0.4 is 5.32 Å². The highest BCUT2D eigenvalue weighted by Gasteiger charge is 2.10. The summed E-state index contributed by atoms with van der Waals surface area (Å²) in [4.78, 5) is 0. The van der Waals surface area contributed by atoms with Crippen molar-refractivity contribution >= 4 is 0 Å². The van der Waals surface area contributed by atoms with E-state index in [-0.39, 0.29) is 0 Å². The molecule has 0 unspecified atom stereocenters. The number of aryl methyl sites for hydroxylation is 1. The summed E-state index contributed by atoms with van der Waals surface area (Å²) in [6.45, 7) is 1.13. The van der Waals surface area contributed by atoms with Crippen molar-refractivity contribution in [2.24, 2.45) is 0 Å². The van der Waals surface area contributed by atoms with E-state index in [1.165, 1.54) is 44.9 Å². The number of rotatable bonds is 5. The number of hydrogen-bond acceptors (Lipinski definition) is 2. The number of nitrogens with one attached hydrogen (secondary N) is 1. The normalized spacial score (nSPS) is 18.5. The van der Waals surface area contributed by atoms with Crippen LogP contribution in [-0.4, -0.2) is 12.6 Å². The third kappa shape index (κ3) is 4.01. The van der Waals surface area contributed by atoms with E-state index in [9.17, 15) is 0 Å². The molecule has 0 aliphatic heterocycles. The van der Waals surface area contributed by atoms with Crippen LogP contribution >= 0.6 is 0 Å². The van der Waals surface area contributed by atoms with Crippen LogP contribution in [0.3, 0.4) is 0 Å². The van der Waals surface area contributed by atoms with E-state index in [1.807, 2.05) is 6.07 Å². The highest BCUT2D eigenvalue weighted by atomic mass is 16.3. The van der Waals surface area contributed by atoms with Crippen molar-refractivity contribution in [2.45, 2.75) is 57.4 Å². The van der Waals surface area contributed by atoms with Crippen molar-refractivity contribution in [1.29, 1.82) is 0 Å². The first-order valence-corrected chi connectivity index (χ1v) is 6.71. The molecule has 0 saturated heterocycles. The van der Waals surface area contributed by atoms with Gasteiger partial charge in [0.15, 0.2) is 0 Å². The van der Waals surface area contributed by atoms with Crippen molar-refractivity contribution in [1.82, 2.24) is 5.32 Å². The highest BCUT2D eigenvalue weighted by molar-refractivity contribution is 4.97. The Morgan fingerprint density at radius 1 is 1.19 bits per heavy atom. The predicted octanol–water partition coefficient (Wildman–Crippen LogP) is 3.52. The summed E-state index contributed by atoms with van der Waals surface area (Å²) in [5.41, 5.74) is 0. The molecule has 1 aliphatic carbocycles. The summed E-state index contributed by atoms with van der Waals surface area (Å²) in [5, 5.41) is 3.68. The summed E-state index contributed by atoms with van der Waals surface area (Å²) in [5.74, 6) is 1.11. The fraction of sp³-hybridized carbons (Fsp3) is 0.714. The van der Waals surface area contributed by atoms with Gasteiger partial charge in [-0.25, -0.2) is 0 Å². The molecule has 2 rings (SSSR count). The zero-order valence-electron chi connectivity index (χ0n) is 10.1. The van der Waals surface area contributed by atoms with E-state index < -0.39 is 0 Å². The minimum atomic E-state index is 0.777. The standard InChI is InChI=1S/C14H23NO/c1-2-4-8-13(7-3-1)15-11-5-9-14-10-6-12-16-14/h6,10,12-13,15H,1-5,7-9,11H2. The second-order valence-corrected chi connectivity index (χ2v) is 4.83. The molecular weight excluding hydrogens is 198 g/mol. The topological polar surface area (TPSA) is 25.2 Å². The lowest BCUT2D eigenvalue weighted by Crippen LogP contribution is -2.29. The lowest BCUT2D eigenvalue weighted by Gasteiger charge is -2.15. The van der Waals surface area contributed by atoms with Crippen molar-refractivity contribution in [3.63, 3.8) is 0 Å². The van der Waals surface area contributed by atoms with Gasteiger partial charge in [0.1, 0.15) is 5.76 Å². The third-order valence-corrected chi connectivity index (χ3v) is 3.47. The first kappa shape index (κ1) is 11.7. The molecule has 1 heterocycles. The van der Waals surface area contributed by atoms with Gasteiger partial charge in [-0.3, -0.25) is 0 Å². The van der Waals surface area contributed by atoms with Crippen LogP contribution in [0, 0.1) is 0 Å². The Labute approximate surface area is 98.4 Å². The van der Waals surface area contributed by atoms with E-state index in [0.717, 1.165) is 24.8 Å². The largest absolute Gasteiger partial charge is 0.469 e. The molecule has 2 nitrogen and oxygen atoms in total. The predicted molar refractivity (Wildman–Crippen MR) is 66.5 cm³/mol. The second-order valence-electron chi connectivity index (χ2n) is 4.83. The summed E-state index contributed by atoms with van der Waals surface area (Å²) in [7, 11) is 0. The number of hydrogen-bond donors (Lipinski definition) is 1. The summed E-state index contributed by atoms with van der Waals surface area (Å²) < 4.78 is 5.32. The molecule has 0 atom stereocenters. The van der Waals surface area contributed by atoms with Crippen LogP contribution in [0.25, 0.3) is 0 Å². The Balaban J connectivity index is 1.56. The molecule has 1 aromatic rings. The minimum absolute atomic E-state index is 0.777. The molecule has 0 bridgehead atoms. The molecule has 0 radical (unpaired) electrons. The van der Waals surface area contributed by atoms with Gasteiger partial charge < -0.3 is 9.73 Å². The highest BCUT2D eigenvalue weighted by Crippen LogP contribution is 2.17. The van der Waals surface area contributed by atoms with E-state index in [4.69, 9.17) is 4.42 Å². The Morgan fingerprint density at radius 3 is 2.69 bits per heavy atom. The van der Waals surface area contributed by atoms with Crippen LogP contribution in [0.15, 0.2) is 22.8 Å². The Kier molecular flexibility index (Phi) is 4.94. The molecule has 0 amide bonds. The molecule has 1 fully saturated rings.